The monoisotopic (exact) mass is 574 g/mol. The van der Waals surface area contributed by atoms with Crippen molar-refractivity contribution in [3.8, 4) is 5.75 Å². The molecule has 1 aliphatic rings. The van der Waals surface area contributed by atoms with Crippen molar-refractivity contribution in [2.45, 2.75) is 31.9 Å². The Morgan fingerprint density at radius 3 is 2.73 bits per heavy atom. The van der Waals surface area contributed by atoms with Gasteiger partial charge in [-0.1, -0.05) is 29.3 Å². The Balaban J connectivity index is 0.00000450. The van der Waals surface area contributed by atoms with Crippen LogP contribution in [0, 0.1) is 0 Å². The normalized spacial score (nSPS) is 16.6. The van der Waals surface area contributed by atoms with Crippen molar-refractivity contribution in [2.75, 3.05) is 53.0 Å². The number of ether oxygens (including phenoxy) is 2. The summed E-state index contributed by atoms with van der Waals surface area (Å²) in [7, 11) is 1.73. The molecule has 0 saturated carbocycles. The van der Waals surface area contributed by atoms with E-state index in [0.717, 1.165) is 45.6 Å². The molecule has 7 nitrogen and oxygen atoms in total. The summed E-state index contributed by atoms with van der Waals surface area (Å²) in [5.41, 5.74) is 0. The predicted octanol–water partition coefficient (Wildman–Crippen LogP) is 3.02. The summed E-state index contributed by atoms with van der Waals surface area (Å²) in [5.74, 6) is 1.16. The Morgan fingerprint density at radius 1 is 1.33 bits per heavy atom. The van der Waals surface area contributed by atoms with Crippen LogP contribution in [-0.2, 0) is 4.74 Å². The van der Waals surface area contributed by atoms with Crippen LogP contribution in [0.4, 0.5) is 0 Å². The van der Waals surface area contributed by atoms with Gasteiger partial charge in [0.25, 0.3) is 0 Å². The minimum absolute atomic E-state index is 0. The largest absolute Gasteiger partial charge is 0.489 e. The lowest BCUT2D eigenvalue weighted by Crippen LogP contribution is -2.49. The molecule has 30 heavy (non-hydrogen) atoms. The zero-order valence-corrected chi connectivity index (χ0v) is 21.4. The lowest BCUT2D eigenvalue weighted by Gasteiger charge is -2.32. The number of aliphatic hydroxyl groups is 1. The second-order valence-corrected chi connectivity index (χ2v) is 7.77. The molecule has 1 saturated heterocycles. The first-order valence-corrected chi connectivity index (χ1v) is 10.8. The molecule has 10 heteroatoms. The summed E-state index contributed by atoms with van der Waals surface area (Å²) in [6.45, 7) is 6.90. The first kappa shape index (κ1) is 27.5. The molecule has 0 spiro atoms. The van der Waals surface area contributed by atoms with Crippen LogP contribution in [-0.4, -0.2) is 81.2 Å². The minimum atomic E-state index is -0.753. The number of aliphatic hydroxyl groups excluding tert-OH is 1. The number of aliphatic imine (C=N–C) groups is 1. The second kappa shape index (κ2) is 15.3. The molecule has 1 atom stereocenters. The Bertz CT molecular complexity index is 646. The Hall–Kier alpha value is -0.520. The Labute approximate surface area is 206 Å². The van der Waals surface area contributed by atoms with Gasteiger partial charge in [0.05, 0.1) is 18.2 Å². The fourth-order valence-corrected chi connectivity index (χ4v) is 3.41. The van der Waals surface area contributed by atoms with Crippen molar-refractivity contribution in [1.82, 2.24) is 15.5 Å². The van der Waals surface area contributed by atoms with Gasteiger partial charge in [0, 0.05) is 39.3 Å². The number of hydrogen-bond acceptors (Lipinski definition) is 5. The molecule has 0 radical (unpaired) electrons. The number of guanidine groups is 1. The molecule has 1 heterocycles. The van der Waals surface area contributed by atoms with Crippen molar-refractivity contribution in [3.63, 3.8) is 0 Å². The maximum atomic E-state index is 10.2. The summed E-state index contributed by atoms with van der Waals surface area (Å²) in [6.07, 6.45) is 1.34. The van der Waals surface area contributed by atoms with Crippen LogP contribution in [0.3, 0.4) is 0 Å². The summed E-state index contributed by atoms with van der Waals surface area (Å²) in [5, 5.41) is 17.7. The minimum Gasteiger partial charge on any atom is -0.489 e. The number of nitrogens with zero attached hydrogens (tertiary/aromatic N) is 2. The van der Waals surface area contributed by atoms with E-state index in [1.165, 1.54) is 0 Å². The van der Waals surface area contributed by atoms with E-state index in [1.54, 1.807) is 25.3 Å². The molecule has 1 unspecified atom stereocenters. The van der Waals surface area contributed by atoms with Crippen LogP contribution in [0.2, 0.25) is 10.0 Å². The molecule has 0 aliphatic carbocycles. The van der Waals surface area contributed by atoms with E-state index in [-0.39, 0.29) is 37.1 Å². The van der Waals surface area contributed by atoms with Gasteiger partial charge in [-0.05, 0) is 31.9 Å². The van der Waals surface area contributed by atoms with Gasteiger partial charge < -0.3 is 30.1 Å². The fourth-order valence-electron chi connectivity index (χ4n) is 3.07. The van der Waals surface area contributed by atoms with E-state index < -0.39 is 6.10 Å². The molecular weight excluding hydrogens is 542 g/mol. The fraction of sp³-hybridized carbons (Fsp3) is 0.650. The third kappa shape index (κ3) is 9.74. The zero-order chi connectivity index (χ0) is 21.1. The molecule has 3 N–H and O–H groups in total. The summed E-state index contributed by atoms with van der Waals surface area (Å²) < 4.78 is 10.7. The zero-order valence-electron chi connectivity index (χ0n) is 17.6. The smallest absolute Gasteiger partial charge is 0.191 e. The van der Waals surface area contributed by atoms with Gasteiger partial charge in [0.2, 0.25) is 0 Å². The van der Waals surface area contributed by atoms with Crippen LogP contribution in [0.25, 0.3) is 0 Å². The van der Waals surface area contributed by atoms with Crippen molar-refractivity contribution in [1.29, 1.82) is 0 Å². The lowest BCUT2D eigenvalue weighted by atomic mass is 10.1. The maximum absolute atomic E-state index is 10.2. The highest BCUT2D eigenvalue weighted by molar-refractivity contribution is 14.0. The van der Waals surface area contributed by atoms with Crippen LogP contribution in [0.15, 0.2) is 23.2 Å². The molecule has 1 aromatic carbocycles. The maximum Gasteiger partial charge on any atom is 0.191 e. The first-order valence-electron chi connectivity index (χ1n) is 10.0. The standard InChI is InChI=1S/C20H32Cl2N4O3.HI/c1-3-23-20(25-15-7-9-26(10-8-15)11-12-28-2)24-13-16(27)14-29-18-6-4-5-17(21)19(18)22;/h4-6,15-16,27H,3,7-14H2,1-2H3,(H2,23,24,25);1H. The van der Waals surface area contributed by atoms with Gasteiger partial charge in [-0.3, -0.25) is 4.99 Å². The molecular formula is C20H33Cl2IN4O3. The van der Waals surface area contributed by atoms with Crippen molar-refractivity contribution < 1.29 is 14.6 Å². The third-order valence-corrected chi connectivity index (χ3v) is 5.49. The predicted molar refractivity (Wildman–Crippen MR) is 134 cm³/mol. The van der Waals surface area contributed by atoms with Gasteiger partial charge in [0.1, 0.15) is 23.5 Å². The number of methoxy groups -OCH3 is 1. The number of nitrogens with one attached hydrogen (secondary N) is 2. The average molecular weight is 575 g/mol. The van der Waals surface area contributed by atoms with Crippen LogP contribution in [0.1, 0.15) is 19.8 Å². The van der Waals surface area contributed by atoms with Gasteiger partial charge >= 0.3 is 0 Å². The summed E-state index contributed by atoms with van der Waals surface area (Å²) in [6, 6.07) is 5.52. The molecule has 1 aliphatic heterocycles. The number of benzene rings is 1. The topological polar surface area (TPSA) is 78.4 Å². The SMILES string of the molecule is CCNC(=NCC(O)COc1cccc(Cl)c1Cl)NC1CCN(CCOC)CC1.I. The number of hydrogen-bond donors (Lipinski definition) is 3. The lowest BCUT2D eigenvalue weighted by molar-refractivity contribution is 0.114. The van der Waals surface area contributed by atoms with Crippen molar-refractivity contribution >= 4 is 53.1 Å². The molecule has 2 rings (SSSR count). The van der Waals surface area contributed by atoms with Crippen molar-refractivity contribution in [2.24, 2.45) is 4.99 Å². The van der Waals surface area contributed by atoms with Crippen LogP contribution in [0.5, 0.6) is 5.75 Å². The average Bonchev–Trinajstić information content (AvgIpc) is 2.72. The number of rotatable bonds is 10. The summed E-state index contributed by atoms with van der Waals surface area (Å²) in [4.78, 5) is 6.91. The van der Waals surface area contributed by atoms with Gasteiger partial charge in [-0.25, -0.2) is 0 Å². The van der Waals surface area contributed by atoms with E-state index >= 15 is 0 Å². The van der Waals surface area contributed by atoms with E-state index in [4.69, 9.17) is 32.7 Å². The number of piperidine rings is 1. The molecule has 0 aromatic heterocycles. The number of halogens is 3. The Morgan fingerprint density at radius 2 is 2.07 bits per heavy atom. The van der Waals surface area contributed by atoms with E-state index in [2.05, 4.69) is 20.5 Å². The van der Waals surface area contributed by atoms with Gasteiger partial charge in [0.15, 0.2) is 5.96 Å². The van der Waals surface area contributed by atoms with Crippen LogP contribution >= 0.6 is 47.2 Å². The quantitative estimate of drug-likeness (QED) is 0.226. The van der Waals surface area contributed by atoms with E-state index in [9.17, 15) is 5.11 Å². The molecule has 1 aromatic rings. The second-order valence-electron chi connectivity index (χ2n) is 6.99. The molecule has 172 valence electrons. The van der Waals surface area contributed by atoms with Crippen LogP contribution < -0.4 is 15.4 Å². The molecule has 0 bridgehead atoms. The highest BCUT2D eigenvalue weighted by Gasteiger charge is 2.19. The summed E-state index contributed by atoms with van der Waals surface area (Å²) >= 11 is 12.1. The van der Waals surface area contributed by atoms with E-state index in [1.807, 2.05) is 6.92 Å². The van der Waals surface area contributed by atoms with Gasteiger partial charge in [-0.2, -0.15) is 0 Å². The first-order chi connectivity index (χ1) is 14.0. The third-order valence-electron chi connectivity index (χ3n) is 4.69. The molecule has 1 fully saturated rings. The molecule has 0 amide bonds. The van der Waals surface area contributed by atoms with E-state index in [0.29, 0.717) is 27.8 Å². The highest BCUT2D eigenvalue weighted by atomic mass is 127. The highest BCUT2D eigenvalue weighted by Crippen LogP contribution is 2.31. The van der Waals surface area contributed by atoms with Gasteiger partial charge in [-0.15, -0.1) is 24.0 Å². The Kier molecular flexibility index (Phi) is 14.0. The van der Waals surface area contributed by atoms with Crippen molar-refractivity contribution in [3.05, 3.63) is 28.2 Å². The number of likely N-dealkylation sites (tertiary alicyclic amines) is 1.